The van der Waals surface area contributed by atoms with Crippen molar-refractivity contribution in [3.8, 4) is 17.1 Å². The lowest BCUT2D eigenvalue weighted by Crippen LogP contribution is -2.06. The first-order valence-electron chi connectivity index (χ1n) is 10.6. The Hall–Kier alpha value is -4.65. The summed E-state index contributed by atoms with van der Waals surface area (Å²) in [7, 11) is 1.60. The molecule has 0 saturated carbocycles. The standard InChI is InChI=1S/C22H21FN10O2/c1-13-26-16(11-18(27-13)28-19-10-14(12-25-32-19)35-9-8-34-2)20-21(29-17-5-6-24-31-17)30-22-15(23)4-3-7-33(20)22/h3-7,10-12H,8-9H2,1-2H3,(H2,24,29,31)(H,26,27,28,32). The SMILES string of the molecule is COCCOc1cnnc(Nc2cc(-c3c(Nc4cc[nH]n4)nc4c(F)cccn34)nc(C)n2)c1. The highest BCUT2D eigenvalue weighted by Gasteiger charge is 2.20. The van der Waals surface area contributed by atoms with E-state index in [4.69, 9.17) is 9.47 Å². The van der Waals surface area contributed by atoms with E-state index in [1.54, 1.807) is 55.1 Å². The van der Waals surface area contributed by atoms with E-state index in [0.29, 0.717) is 59.4 Å². The third-order valence-corrected chi connectivity index (χ3v) is 4.87. The Morgan fingerprint density at radius 1 is 1.06 bits per heavy atom. The number of nitrogens with one attached hydrogen (secondary N) is 3. The van der Waals surface area contributed by atoms with Crippen molar-refractivity contribution >= 4 is 28.9 Å². The van der Waals surface area contributed by atoms with Gasteiger partial charge in [0.05, 0.1) is 18.5 Å². The molecule has 13 heteroatoms. The van der Waals surface area contributed by atoms with E-state index in [-0.39, 0.29) is 5.65 Å². The maximum atomic E-state index is 14.6. The van der Waals surface area contributed by atoms with Crippen LogP contribution in [-0.2, 0) is 4.74 Å². The van der Waals surface area contributed by atoms with E-state index in [9.17, 15) is 4.39 Å². The van der Waals surface area contributed by atoms with Gasteiger partial charge in [-0.25, -0.2) is 19.3 Å². The minimum atomic E-state index is -0.464. The Morgan fingerprint density at radius 3 is 2.80 bits per heavy atom. The number of halogens is 1. The predicted octanol–water partition coefficient (Wildman–Crippen LogP) is 3.26. The van der Waals surface area contributed by atoms with Gasteiger partial charge in [-0.3, -0.25) is 9.50 Å². The summed E-state index contributed by atoms with van der Waals surface area (Å²) < 4.78 is 26.8. The summed E-state index contributed by atoms with van der Waals surface area (Å²) in [5.41, 5.74) is 1.20. The molecular weight excluding hydrogens is 455 g/mol. The lowest BCUT2D eigenvalue weighted by molar-refractivity contribution is 0.146. The number of imidazole rings is 1. The van der Waals surface area contributed by atoms with Crippen molar-refractivity contribution in [2.45, 2.75) is 6.92 Å². The number of aromatic amines is 1. The van der Waals surface area contributed by atoms with Crippen LogP contribution in [0.1, 0.15) is 5.82 Å². The zero-order valence-electron chi connectivity index (χ0n) is 18.9. The van der Waals surface area contributed by atoms with Gasteiger partial charge in [0.25, 0.3) is 0 Å². The van der Waals surface area contributed by atoms with Crippen LogP contribution in [0.25, 0.3) is 17.0 Å². The van der Waals surface area contributed by atoms with Crippen LogP contribution in [0.15, 0.2) is 48.9 Å². The van der Waals surface area contributed by atoms with Crippen LogP contribution in [-0.4, -0.2) is 60.1 Å². The Bertz CT molecular complexity index is 1450. The number of H-pyrrole nitrogens is 1. The van der Waals surface area contributed by atoms with E-state index in [1.165, 1.54) is 12.3 Å². The van der Waals surface area contributed by atoms with Gasteiger partial charge in [0, 0.05) is 37.7 Å². The summed E-state index contributed by atoms with van der Waals surface area (Å²) in [6.45, 7) is 2.60. The molecule has 0 unspecified atom stereocenters. The number of pyridine rings is 1. The van der Waals surface area contributed by atoms with E-state index in [0.717, 1.165) is 0 Å². The fraction of sp³-hybridized carbons (Fsp3) is 0.182. The van der Waals surface area contributed by atoms with Crippen molar-refractivity contribution in [2.75, 3.05) is 31.0 Å². The van der Waals surface area contributed by atoms with Crippen LogP contribution < -0.4 is 15.4 Å². The number of nitrogens with zero attached hydrogens (tertiary/aromatic N) is 7. The first-order valence-corrected chi connectivity index (χ1v) is 10.6. The lowest BCUT2D eigenvalue weighted by atomic mass is 10.2. The molecule has 3 N–H and O–H groups in total. The van der Waals surface area contributed by atoms with Crippen LogP contribution in [0, 0.1) is 12.7 Å². The highest BCUT2D eigenvalue weighted by molar-refractivity contribution is 5.78. The van der Waals surface area contributed by atoms with Crippen LogP contribution in [0.4, 0.5) is 27.7 Å². The summed E-state index contributed by atoms with van der Waals surface area (Å²) in [5.74, 6) is 2.37. The van der Waals surface area contributed by atoms with Gasteiger partial charge in [-0.1, -0.05) is 0 Å². The highest BCUT2D eigenvalue weighted by Crippen LogP contribution is 2.32. The number of aromatic nitrogens is 8. The van der Waals surface area contributed by atoms with Gasteiger partial charge in [0.1, 0.15) is 29.7 Å². The minimum absolute atomic E-state index is 0.151. The van der Waals surface area contributed by atoms with Crippen LogP contribution in [0.2, 0.25) is 0 Å². The number of hydrogen-bond donors (Lipinski definition) is 3. The van der Waals surface area contributed by atoms with E-state index < -0.39 is 5.82 Å². The molecule has 0 aliphatic heterocycles. The summed E-state index contributed by atoms with van der Waals surface area (Å²) in [5, 5.41) is 21.1. The smallest absolute Gasteiger partial charge is 0.175 e. The molecule has 0 bridgehead atoms. The van der Waals surface area contributed by atoms with Crippen molar-refractivity contribution in [2.24, 2.45) is 0 Å². The van der Waals surface area contributed by atoms with Gasteiger partial charge >= 0.3 is 0 Å². The zero-order valence-corrected chi connectivity index (χ0v) is 18.9. The maximum Gasteiger partial charge on any atom is 0.175 e. The molecule has 5 aromatic heterocycles. The largest absolute Gasteiger partial charge is 0.489 e. The number of hydrogen-bond acceptors (Lipinski definition) is 10. The molecule has 0 saturated heterocycles. The van der Waals surface area contributed by atoms with Crippen LogP contribution in [0.3, 0.4) is 0 Å². The normalized spacial score (nSPS) is 11.1. The van der Waals surface area contributed by atoms with E-state index in [2.05, 4.69) is 46.0 Å². The number of fused-ring (bicyclic) bond motifs is 1. The molecule has 0 spiro atoms. The van der Waals surface area contributed by atoms with Gasteiger partial charge in [-0.15, -0.1) is 5.10 Å². The third kappa shape index (κ3) is 4.84. The highest BCUT2D eigenvalue weighted by atomic mass is 19.1. The first kappa shape index (κ1) is 22.2. The summed E-state index contributed by atoms with van der Waals surface area (Å²) in [6, 6.07) is 8.11. The predicted molar refractivity (Wildman–Crippen MR) is 125 cm³/mol. The van der Waals surface area contributed by atoms with Crippen molar-refractivity contribution in [3.63, 3.8) is 0 Å². The average Bonchev–Trinajstić information content (AvgIpc) is 3.48. The zero-order chi connectivity index (χ0) is 24.2. The quantitative estimate of drug-likeness (QED) is 0.272. The Balaban J connectivity index is 1.52. The molecule has 0 aliphatic rings. The van der Waals surface area contributed by atoms with Crippen LogP contribution >= 0.6 is 0 Å². The minimum Gasteiger partial charge on any atom is -0.489 e. The van der Waals surface area contributed by atoms with Gasteiger partial charge < -0.3 is 20.1 Å². The molecule has 0 aromatic carbocycles. The Labute approximate surface area is 198 Å². The second-order valence-electron chi connectivity index (χ2n) is 7.37. The fourth-order valence-electron chi connectivity index (χ4n) is 3.43. The molecule has 0 fully saturated rings. The average molecular weight is 476 g/mol. The monoisotopic (exact) mass is 476 g/mol. The molecule has 178 valence electrons. The van der Waals surface area contributed by atoms with E-state index in [1.807, 2.05) is 0 Å². The summed E-state index contributed by atoms with van der Waals surface area (Å²) in [6.07, 6.45) is 4.90. The Kier molecular flexibility index (Phi) is 6.13. The lowest BCUT2D eigenvalue weighted by Gasteiger charge is -2.10. The Morgan fingerprint density at radius 2 is 1.97 bits per heavy atom. The maximum absolute atomic E-state index is 14.6. The summed E-state index contributed by atoms with van der Waals surface area (Å²) >= 11 is 0. The van der Waals surface area contributed by atoms with Crippen molar-refractivity contribution in [3.05, 3.63) is 60.6 Å². The van der Waals surface area contributed by atoms with Crippen molar-refractivity contribution < 1.29 is 13.9 Å². The molecular formula is C22H21FN10O2. The molecule has 5 aromatic rings. The molecule has 35 heavy (non-hydrogen) atoms. The molecule has 0 aliphatic carbocycles. The van der Waals surface area contributed by atoms with Gasteiger partial charge in [-0.2, -0.15) is 10.2 Å². The molecule has 0 radical (unpaired) electrons. The van der Waals surface area contributed by atoms with E-state index >= 15 is 0 Å². The topological polar surface area (TPSA) is 140 Å². The molecule has 0 amide bonds. The summed E-state index contributed by atoms with van der Waals surface area (Å²) in [4.78, 5) is 13.5. The molecule has 5 rings (SSSR count). The van der Waals surface area contributed by atoms with Gasteiger partial charge in [-0.05, 0) is 19.1 Å². The molecule has 12 nitrogen and oxygen atoms in total. The molecule has 5 heterocycles. The number of anilines is 4. The number of methoxy groups -OCH3 is 1. The van der Waals surface area contributed by atoms with Crippen molar-refractivity contribution in [1.82, 2.24) is 39.7 Å². The second-order valence-corrected chi connectivity index (χ2v) is 7.37. The number of rotatable bonds is 9. The number of aryl methyl sites for hydroxylation is 1. The van der Waals surface area contributed by atoms with Gasteiger partial charge in [0.15, 0.2) is 28.9 Å². The third-order valence-electron chi connectivity index (χ3n) is 4.87. The second kappa shape index (κ2) is 9.69. The number of ether oxygens (including phenoxy) is 2. The van der Waals surface area contributed by atoms with Crippen LogP contribution in [0.5, 0.6) is 5.75 Å². The fourth-order valence-corrected chi connectivity index (χ4v) is 3.43. The van der Waals surface area contributed by atoms with Crippen molar-refractivity contribution in [1.29, 1.82) is 0 Å². The first-order chi connectivity index (χ1) is 17.1. The molecule has 0 atom stereocenters. The van der Waals surface area contributed by atoms with Gasteiger partial charge in [0.2, 0.25) is 0 Å².